The third-order valence-corrected chi connectivity index (χ3v) is 2.36. The summed E-state index contributed by atoms with van der Waals surface area (Å²) in [6.07, 6.45) is 1.44. The minimum atomic E-state index is -0.451. The number of fused-ring (bicyclic) bond motifs is 1. The molecule has 3 nitrogen and oxygen atoms in total. The van der Waals surface area contributed by atoms with E-state index in [-0.39, 0.29) is 5.75 Å². The lowest BCUT2D eigenvalue weighted by molar-refractivity contribution is 0.386. The first-order chi connectivity index (χ1) is 6.24. The van der Waals surface area contributed by atoms with Gasteiger partial charge < -0.3 is 9.72 Å². The number of imidazole rings is 1. The molecule has 0 saturated carbocycles. The second-order valence-electron chi connectivity index (χ2n) is 2.50. The summed E-state index contributed by atoms with van der Waals surface area (Å²) in [5, 5.41) is 0. The summed E-state index contributed by atoms with van der Waals surface area (Å²) in [6, 6.07) is 1.73. The number of H-pyrrole nitrogens is 1. The van der Waals surface area contributed by atoms with Gasteiger partial charge in [0.1, 0.15) is 5.52 Å². The summed E-state index contributed by atoms with van der Waals surface area (Å²) in [5.41, 5.74) is 0.935. The van der Waals surface area contributed by atoms with Gasteiger partial charge in [-0.1, -0.05) is 0 Å². The van der Waals surface area contributed by atoms with Crippen molar-refractivity contribution >= 4 is 27.0 Å². The van der Waals surface area contributed by atoms with Crippen LogP contribution in [0.3, 0.4) is 0 Å². The van der Waals surface area contributed by atoms with E-state index >= 15 is 0 Å². The van der Waals surface area contributed by atoms with Crippen molar-refractivity contribution < 1.29 is 9.13 Å². The van der Waals surface area contributed by atoms with Crippen molar-refractivity contribution in [1.29, 1.82) is 0 Å². The van der Waals surface area contributed by atoms with E-state index in [2.05, 4.69) is 25.9 Å². The Morgan fingerprint density at radius 2 is 2.38 bits per heavy atom. The van der Waals surface area contributed by atoms with Gasteiger partial charge in [0, 0.05) is 0 Å². The van der Waals surface area contributed by atoms with Gasteiger partial charge in [-0.25, -0.2) is 9.37 Å². The van der Waals surface area contributed by atoms with Crippen molar-refractivity contribution in [3.05, 3.63) is 22.7 Å². The van der Waals surface area contributed by atoms with Crippen LogP contribution < -0.4 is 4.74 Å². The Hall–Kier alpha value is -1.10. The van der Waals surface area contributed by atoms with Crippen LogP contribution >= 0.6 is 15.9 Å². The third kappa shape index (κ3) is 1.19. The van der Waals surface area contributed by atoms with Crippen LogP contribution in [0.5, 0.6) is 5.75 Å². The average molecular weight is 245 g/mol. The number of rotatable bonds is 1. The molecule has 68 valence electrons. The fourth-order valence-corrected chi connectivity index (χ4v) is 1.75. The normalized spacial score (nSPS) is 10.7. The Kier molecular flexibility index (Phi) is 1.95. The molecule has 0 aliphatic carbocycles. The van der Waals surface area contributed by atoms with Gasteiger partial charge in [-0.3, -0.25) is 0 Å². The van der Waals surface area contributed by atoms with E-state index in [0.717, 1.165) is 0 Å². The number of hydrogen-bond donors (Lipinski definition) is 1. The van der Waals surface area contributed by atoms with Gasteiger partial charge in [-0.05, 0) is 22.0 Å². The minimum Gasteiger partial charge on any atom is -0.492 e. The quantitative estimate of drug-likeness (QED) is 0.837. The van der Waals surface area contributed by atoms with E-state index < -0.39 is 5.82 Å². The first kappa shape index (κ1) is 8.50. The monoisotopic (exact) mass is 244 g/mol. The molecule has 1 aromatic carbocycles. The third-order valence-electron chi connectivity index (χ3n) is 1.77. The van der Waals surface area contributed by atoms with Crippen LogP contribution in [0, 0.1) is 5.82 Å². The SMILES string of the molecule is COc1c(Br)cc2[nH]cnc2c1F. The smallest absolute Gasteiger partial charge is 0.193 e. The fourth-order valence-electron chi connectivity index (χ4n) is 1.18. The van der Waals surface area contributed by atoms with Crippen LogP contribution in [0.15, 0.2) is 16.9 Å². The molecule has 0 unspecified atom stereocenters. The maximum atomic E-state index is 13.5. The van der Waals surface area contributed by atoms with E-state index in [1.54, 1.807) is 6.07 Å². The minimum absolute atomic E-state index is 0.180. The number of ether oxygens (including phenoxy) is 1. The van der Waals surface area contributed by atoms with Crippen LogP contribution in [0.4, 0.5) is 4.39 Å². The Balaban J connectivity index is 2.85. The summed E-state index contributed by atoms with van der Waals surface area (Å²) in [6.45, 7) is 0. The molecule has 0 spiro atoms. The van der Waals surface area contributed by atoms with Crippen LogP contribution in [0.1, 0.15) is 0 Å². The Bertz CT molecular complexity index is 455. The highest BCUT2D eigenvalue weighted by Gasteiger charge is 2.13. The molecular formula is C8H6BrFN2O. The number of nitrogens with one attached hydrogen (secondary N) is 1. The summed E-state index contributed by atoms with van der Waals surface area (Å²) >= 11 is 3.20. The molecule has 0 aliphatic heterocycles. The molecule has 0 radical (unpaired) electrons. The van der Waals surface area contributed by atoms with Crippen molar-refractivity contribution in [3.8, 4) is 5.75 Å². The predicted molar refractivity (Wildman–Crippen MR) is 50.3 cm³/mol. The van der Waals surface area contributed by atoms with E-state index in [1.165, 1.54) is 13.4 Å². The van der Waals surface area contributed by atoms with Gasteiger partial charge in [0.25, 0.3) is 0 Å². The van der Waals surface area contributed by atoms with Crippen molar-refractivity contribution in [3.63, 3.8) is 0 Å². The standard InChI is InChI=1S/C8H6BrFN2O/c1-13-8-4(9)2-5-7(6(8)10)12-3-11-5/h2-3H,1H3,(H,11,12). The summed E-state index contributed by atoms with van der Waals surface area (Å²) in [7, 11) is 1.42. The lowest BCUT2D eigenvalue weighted by Crippen LogP contribution is -1.90. The number of hydrogen-bond acceptors (Lipinski definition) is 2. The lowest BCUT2D eigenvalue weighted by atomic mass is 10.3. The largest absolute Gasteiger partial charge is 0.492 e. The van der Waals surface area contributed by atoms with Gasteiger partial charge >= 0.3 is 0 Å². The number of halogens is 2. The molecular weight excluding hydrogens is 239 g/mol. The molecule has 5 heteroatoms. The molecule has 0 saturated heterocycles. The van der Waals surface area contributed by atoms with Crippen molar-refractivity contribution in [2.75, 3.05) is 7.11 Å². The van der Waals surface area contributed by atoms with Gasteiger partial charge in [0.15, 0.2) is 11.6 Å². The molecule has 0 aliphatic rings. The molecule has 0 atom stereocenters. The Morgan fingerprint density at radius 1 is 1.62 bits per heavy atom. The summed E-state index contributed by atoms with van der Waals surface area (Å²) < 4.78 is 19.0. The van der Waals surface area contributed by atoms with Crippen molar-refractivity contribution in [1.82, 2.24) is 9.97 Å². The second-order valence-corrected chi connectivity index (χ2v) is 3.36. The first-order valence-corrected chi connectivity index (χ1v) is 4.38. The highest BCUT2D eigenvalue weighted by molar-refractivity contribution is 9.10. The number of benzene rings is 1. The molecule has 13 heavy (non-hydrogen) atoms. The predicted octanol–water partition coefficient (Wildman–Crippen LogP) is 2.47. The molecule has 0 fully saturated rings. The molecule has 1 N–H and O–H groups in total. The molecule has 2 rings (SSSR count). The van der Waals surface area contributed by atoms with E-state index in [9.17, 15) is 4.39 Å². The maximum Gasteiger partial charge on any atom is 0.193 e. The van der Waals surface area contributed by atoms with Crippen LogP contribution in [0.2, 0.25) is 0 Å². The van der Waals surface area contributed by atoms with E-state index in [0.29, 0.717) is 15.5 Å². The lowest BCUT2D eigenvalue weighted by Gasteiger charge is -2.04. The highest BCUT2D eigenvalue weighted by Crippen LogP contribution is 2.32. The van der Waals surface area contributed by atoms with Crippen LogP contribution in [0.25, 0.3) is 11.0 Å². The van der Waals surface area contributed by atoms with Crippen molar-refractivity contribution in [2.45, 2.75) is 0 Å². The number of methoxy groups -OCH3 is 1. The summed E-state index contributed by atoms with van der Waals surface area (Å²) in [5.74, 6) is -0.271. The fraction of sp³-hybridized carbons (Fsp3) is 0.125. The molecule has 0 amide bonds. The van der Waals surface area contributed by atoms with Crippen LogP contribution in [-0.2, 0) is 0 Å². The van der Waals surface area contributed by atoms with E-state index in [1.807, 2.05) is 0 Å². The Morgan fingerprint density at radius 3 is 3.08 bits per heavy atom. The summed E-state index contributed by atoms with van der Waals surface area (Å²) in [4.78, 5) is 6.65. The zero-order valence-electron chi connectivity index (χ0n) is 6.77. The van der Waals surface area contributed by atoms with Gasteiger partial charge in [0.2, 0.25) is 0 Å². The molecule has 1 heterocycles. The molecule has 1 aromatic heterocycles. The van der Waals surface area contributed by atoms with Crippen molar-refractivity contribution in [2.24, 2.45) is 0 Å². The molecule has 0 bridgehead atoms. The van der Waals surface area contributed by atoms with Gasteiger partial charge in [-0.2, -0.15) is 0 Å². The van der Waals surface area contributed by atoms with Crippen LogP contribution in [-0.4, -0.2) is 17.1 Å². The highest BCUT2D eigenvalue weighted by atomic mass is 79.9. The second kappa shape index (κ2) is 2.99. The number of aromatic nitrogens is 2. The number of nitrogens with zero attached hydrogens (tertiary/aromatic N) is 1. The zero-order valence-corrected chi connectivity index (χ0v) is 8.35. The average Bonchev–Trinajstić information content (AvgIpc) is 2.53. The van der Waals surface area contributed by atoms with E-state index in [4.69, 9.17) is 4.74 Å². The van der Waals surface area contributed by atoms with Gasteiger partial charge in [0.05, 0.1) is 23.4 Å². The number of aromatic amines is 1. The topological polar surface area (TPSA) is 37.9 Å². The van der Waals surface area contributed by atoms with Gasteiger partial charge in [-0.15, -0.1) is 0 Å². The zero-order chi connectivity index (χ0) is 9.42. The molecule has 2 aromatic rings. The first-order valence-electron chi connectivity index (χ1n) is 3.59. The maximum absolute atomic E-state index is 13.5. The Labute approximate surface area is 82.1 Å².